The summed E-state index contributed by atoms with van der Waals surface area (Å²) in [7, 11) is 0. The van der Waals surface area contributed by atoms with Gasteiger partial charge in [0, 0.05) is 6.54 Å². The predicted molar refractivity (Wildman–Crippen MR) is 49.0 cm³/mol. The minimum atomic E-state index is -0.297. The van der Waals surface area contributed by atoms with Crippen LogP contribution in [-0.4, -0.2) is 47.2 Å². The normalized spacial score (nSPS) is 22.3. The smallest absolute Gasteiger partial charge is 0.101 e. The molecule has 2 unspecified atom stereocenters. The van der Waals surface area contributed by atoms with Gasteiger partial charge in [-0.3, -0.25) is 4.99 Å². The molecule has 64 valence electrons. The molecule has 1 aliphatic rings. The SMILES string of the molecule is CSC(C(C)O)N1C=NCC1. The Kier molecular flexibility index (Phi) is 3.20. The molecule has 2 atom stereocenters. The standard InChI is InChI=1S/C7H14N2OS/c1-6(10)7(11-2)9-4-3-8-5-9/h5-7,10H,3-4H2,1-2H3. The number of thioether (sulfide) groups is 1. The van der Waals surface area contributed by atoms with Crippen molar-refractivity contribution in [1.82, 2.24) is 4.90 Å². The van der Waals surface area contributed by atoms with Crippen molar-refractivity contribution in [2.75, 3.05) is 19.3 Å². The molecule has 0 aromatic heterocycles. The van der Waals surface area contributed by atoms with Crippen LogP contribution < -0.4 is 0 Å². The van der Waals surface area contributed by atoms with Crippen LogP contribution in [0.25, 0.3) is 0 Å². The Morgan fingerprint density at radius 1 is 1.73 bits per heavy atom. The van der Waals surface area contributed by atoms with E-state index in [0.29, 0.717) is 0 Å². The molecule has 0 aromatic carbocycles. The van der Waals surface area contributed by atoms with E-state index in [0.717, 1.165) is 13.1 Å². The molecule has 0 aliphatic carbocycles. The van der Waals surface area contributed by atoms with Gasteiger partial charge in [-0.25, -0.2) is 0 Å². The molecule has 3 nitrogen and oxygen atoms in total. The van der Waals surface area contributed by atoms with Gasteiger partial charge in [-0.05, 0) is 13.2 Å². The van der Waals surface area contributed by atoms with E-state index in [1.54, 1.807) is 11.8 Å². The third-order valence-electron chi connectivity index (χ3n) is 1.70. The molecule has 0 fully saturated rings. The van der Waals surface area contributed by atoms with E-state index >= 15 is 0 Å². The van der Waals surface area contributed by atoms with Crippen LogP contribution in [-0.2, 0) is 0 Å². The van der Waals surface area contributed by atoms with Crippen LogP contribution in [0.1, 0.15) is 6.92 Å². The highest BCUT2D eigenvalue weighted by atomic mass is 32.2. The maximum absolute atomic E-state index is 9.35. The first-order valence-corrected chi connectivity index (χ1v) is 5.01. The van der Waals surface area contributed by atoms with E-state index in [1.807, 2.05) is 19.5 Å². The zero-order valence-corrected chi connectivity index (χ0v) is 7.71. The lowest BCUT2D eigenvalue weighted by Crippen LogP contribution is -2.37. The minimum absolute atomic E-state index is 0.168. The topological polar surface area (TPSA) is 35.8 Å². The second-order valence-electron chi connectivity index (χ2n) is 2.63. The molecule has 4 heteroatoms. The molecular weight excluding hydrogens is 160 g/mol. The van der Waals surface area contributed by atoms with Crippen molar-refractivity contribution in [3.05, 3.63) is 0 Å². The highest BCUT2D eigenvalue weighted by Gasteiger charge is 2.21. The Labute approximate surface area is 71.5 Å². The Hall–Kier alpha value is -0.220. The molecule has 1 heterocycles. The summed E-state index contributed by atoms with van der Waals surface area (Å²) in [5.74, 6) is 0. The zero-order valence-electron chi connectivity index (χ0n) is 6.90. The summed E-state index contributed by atoms with van der Waals surface area (Å²) in [6.45, 7) is 3.62. The third kappa shape index (κ3) is 2.10. The summed E-state index contributed by atoms with van der Waals surface area (Å²) in [5.41, 5.74) is 0. The van der Waals surface area contributed by atoms with Gasteiger partial charge in [0.25, 0.3) is 0 Å². The van der Waals surface area contributed by atoms with Crippen molar-refractivity contribution < 1.29 is 5.11 Å². The van der Waals surface area contributed by atoms with Crippen LogP contribution >= 0.6 is 11.8 Å². The van der Waals surface area contributed by atoms with Crippen LogP contribution in [0.4, 0.5) is 0 Å². The average Bonchev–Trinajstić information content (AvgIpc) is 2.40. The molecule has 0 spiro atoms. The van der Waals surface area contributed by atoms with Crippen molar-refractivity contribution in [2.45, 2.75) is 18.4 Å². The number of rotatable bonds is 3. The quantitative estimate of drug-likeness (QED) is 0.673. The number of aliphatic hydroxyl groups is 1. The van der Waals surface area contributed by atoms with Gasteiger partial charge < -0.3 is 10.0 Å². The van der Waals surface area contributed by atoms with E-state index < -0.39 is 0 Å². The molecule has 0 amide bonds. The lowest BCUT2D eigenvalue weighted by atomic mass is 10.4. The lowest BCUT2D eigenvalue weighted by Gasteiger charge is -2.27. The van der Waals surface area contributed by atoms with Crippen LogP contribution in [0.15, 0.2) is 4.99 Å². The van der Waals surface area contributed by atoms with Crippen LogP contribution in [0.5, 0.6) is 0 Å². The van der Waals surface area contributed by atoms with Crippen LogP contribution in [0.3, 0.4) is 0 Å². The summed E-state index contributed by atoms with van der Waals surface area (Å²) in [6.07, 6.45) is 3.53. The van der Waals surface area contributed by atoms with E-state index in [2.05, 4.69) is 9.89 Å². The fourth-order valence-electron chi connectivity index (χ4n) is 1.20. The number of aliphatic imine (C=N–C) groups is 1. The number of hydrogen-bond donors (Lipinski definition) is 1. The first-order chi connectivity index (χ1) is 5.25. The van der Waals surface area contributed by atoms with Crippen molar-refractivity contribution in [3.8, 4) is 0 Å². The van der Waals surface area contributed by atoms with Crippen LogP contribution in [0, 0.1) is 0 Å². The van der Waals surface area contributed by atoms with E-state index in [-0.39, 0.29) is 11.5 Å². The highest BCUT2D eigenvalue weighted by Crippen LogP contribution is 2.16. The zero-order chi connectivity index (χ0) is 8.27. The Morgan fingerprint density at radius 3 is 2.82 bits per heavy atom. The third-order valence-corrected chi connectivity index (χ3v) is 2.85. The van der Waals surface area contributed by atoms with Gasteiger partial charge in [-0.2, -0.15) is 0 Å². The number of nitrogens with zero attached hydrogens (tertiary/aromatic N) is 2. The first kappa shape index (κ1) is 8.87. The highest BCUT2D eigenvalue weighted by molar-refractivity contribution is 7.99. The molecule has 1 rings (SSSR count). The maximum atomic E-state index is 9.35. The summed E-state index contributed by atoms with van der Waals surface area (Å²) in [6, 6.07) is 0. The Balaban J connectivity index is 2.47. The molecule has 0 radical (unpaired) electrons. The minimum Gasteiger partial charge on any atom is -0.390 e. The Morgan fingerprint density at radius 2 is 2.45 bits per heavy atom. The van der Waals surface area contributed by atoms with Crippen LogP contribution in [0.2, 0.25) is 0 Å². The first-order valence-electron chi connectivity index (χ1n) is 3.72. The fourth-order valence-corrected chi connectivity index (χ4v) is 2.02. The van der Waals surface area contributed by atoms with Gasteiger partial charge in [-0.15, -0.1) is 11.8 Å². The molecule has 0 saturated heterocycles. The summed E-state index contributed by atoms with van der Waals surface area (Å²) in [4.78, 5) is 6.17. The largest absolute Gasteiger partial charge is 0.390 e. The van der Waals surface area contributed by atoms with Gasteiger partial charge >= 0.3 is 0 Å². The second-order valence-corrected chi connectivity index (χ2v) is 3.58. The monoisotopic (exact) mass is 174 g/mol. The molecule has 0 saturated carbocycles. The molecular formula is C7H14N2OS. The van der Waals surface area contributed by atoms with Gasteiger partial charge in [0.2, 0.25) is 0 Å². The second kappa shape index (κ2) is 3.97. The average molecular weight is 174 g/mol. The molecule has 1 N–H and O–H groups in total. The molecule has 1 aliphatic heterocycles. The van der Waals surface area contributed by atoms with Crippen molar-refractivity contribution in [1.29, 1.82) is 0 Å². The maximum Gasteiger partial charge on any atom is 0.101 e. The Bertz CT molecular complexity index is 149. The number of aliphatic hydroxyl groups excluding tert-OH is 1. The van der Waals surface area contributed by atoms with Crippen molar-refractivity contribution >= 4 is 18.1 Å². The summed E-state index contributed by atoms with van der Waals surface area (Å²) in [5, 5.41) is 9.52. The van der Waals surface area contributed by atoms with E-state index in [1.165, 1.54) is 0 Å². The van der Waals surface area contributed by atoms with Gasteiger partial charge in [-0.1, -0.05) is 0 Å². The summed E-state index contributed by atoms with van der Waals surface area (Å²) < 4.78 is 0. The molecule has 0 bridgehead atoms. The lowest BCUT2D eigenvalue weighted by molar-refractivity contribution is 0.149. The molecule has 0 aromatic rings. The number of hydrogen-bond acceptors (Lipinski definition) is 4. The van der Waals surface area contributed by atoms with Gasteiger partial charge in [0.15, 0.2) is 0 Å². The van der Waals surface area contributed by atoms with Crippen molar-refractivity contribution in [3.63, 3.8) is 0 Å². The fraction of sp³-hybridized carbons (Fsp3) is 0.857. The molecule has 11 heavy (non-hydrogen) atoms. The van der Waals surface area contributed by atoms with E-state index in [4.69, 9.17) is 0 Å². The van der Waals surface area contributed by atoms with Gasteiger partial charge in [0.05, 0.1) is 19.0 Å². The van der Waals surface area contributed by atoms with E-state index in [9.17, 15) is 5.11 Å². The van der Waals surface area contributed by atoms with Gasteiger partial charge in [0.1, 0.15) is 5.37 Å². The van der Waals surface area contributed by atoms with Crippen molar-refractivity contribution in [2.24, 2.45) is 4.99 Å². The predicted octanol–water partition coefficient (Wildman–Crippen LogP) is 0.400. The summed E-state index contributed by atoms with van der Waals surface area (Å²) >= 11 is 1.66.